The van der Waals surface area contributed by atoms with E-state index in [0.717, 1.165) is 0 Å². The van der Waals surface area contributed by atoms with Crippen LogP contribution in [0.4, 0.5) is 10.5 Å². The minimum atomic E-state index is -3.38. The molecular weight excluding hydrogens is 266 g/mol. The molecular formula is C12H13N3O3S. The van der Waals surface area contributed by atoms with Gasteiger partial charge < -0.3 is 5.32 Å². The van der Waals surface area contributed by atoms with Crippen LogP contribution in [0.25, 0.3) is 0 Å². The van der Waals surface area contributed by atoms with E-state index in [-0.39, 0.29) is 16.3 Å². The van der Waals surface area contributed by atoms with Gasteiger partial charge in [-0.25, -0.2) is 18.2 Å². The van der Waals surface area contributed by atoms with Gasteiger partial charge in [0, 0.05) is 12.4 Å². The number of hydrogen-bond donors (Lipinski definition) is 1. The number of hydrogen-bond acceptors (Lipinski definition) is 4. The smallest absolute Gasteiger partial charge is 0.306 e. The number of para-hydroxylation sites is 1. The van der Waals surface area contributed by atoms with Crippen LogP contribution in [0.15, 0.2) is 47.9 Å². The van der Waals surface area contributed by atoms with E-state index < -0.39 is 15.9 Å². The maximum absolute atomic E-state index is 11.9. The maximum atomic E-state index is 11.9. The van der Waals surface area contributed by atoms with Crippen LogP contribution in [0.2, 0.25) is 0 Å². The van der Waals surface area contributed by atoms with Crippen LogP contribution < -0.4 is 5.32 Å². The van der Waals surface area contributed by atoms with E-state index in [2.05, 4.69) is 10.3 Å². The third-order valence-electron chi connectivity index (χ3n) is 2.58. The molecule has 2 rings (SSSR count). The predicted molar refractivity (Wildman–Crippen MR) is 70.8 cm³/mol. The fourth-order valence-corrected chi connectivity index (χ4v) is 2.61. The third-order valence-corrected chi connectivity index (χ3v) is 4.37. The predicted octanol–water partition coefficient (Wildman–Crippen LogP) is 1.76. The Balaban J connectivity index is 2.34. The van der Waals surface area contributed by atoms with Gasteiger partial charge in [0.1, 0.15) is 6.33 Å². The molecule has 0 bridgehead atoms. The lowest BCUT2D eigenvalue weighted by Crippen LogP contribution is -2.19. The van der Waals surface area contributed by atoms with Crippen molar-refractivity contribution in [2.24, 2.45) is 0 Å². The van der Waals surface area contributed by atoms with Gasteiger partial charge in [0.15, 0.2) is 9.84 Å². The van der Waals surface area contributed by atoms with Crippen LogP contribution in [0.3, 0.4) is 0 Å². The van der Waals surface area contributed by atoms with Crippen molar-refractivity contribution < 1.29 is 13.2 Å². The van der Waals surface area contributed by atoms with E-state index >= 15 is 0 Å². The van der Waals surface area contributed by atoms with E-state index in [4.69, 9.17) is 0 Å². The first kappa shape index (κ1) is 13.3. The molecule has 1 amide bonds. The number of carbonyl (C=O) groups excluding carboxylic acids is 1. The van der Waals surface area contributed by atoms with Crippen LogP contribution in [0.1, 0.15) is 6.92 Å². The molecule has 0 atom stereocenters. The number of sulfone groups is 1. The highest BCUT2D eigenvalue weighted by Gasteiger charge is 2.17. The first-order valence-corrected chi connectivity index (χ1v) is 7.31. The molecule has 0 saturated heterocycles. The molecule has 0 aliphatic rings. The lowest BCUT2D eigenvalue weighted by molar-refractivity contribution is 0.253. The summed E-state index contributed by atoms with van der Waals surface area (Å²) in [7, 11) is -3.38. The molecule has 1 aromatic carbocycles. The maximum Gasteiger partial charge on any atom is 0.331 e. The monoisotopic (exact) mass is 279 g/mol. The number of aromatic nitrogens is 2. The van der Waals surface area contributed by atoms with Crippen molar-refractivity contribution in [3.63, 3.8) is 0 Å². The van der Waals surface area contributed by atoms with Crippen molar-refractivity contribution >= 4 is 21.6 Å². The van der Waals surface area contributed by atoms with Crippen molar-refractivity contribution in [1.82, 2.24) is 9.55 Å². The Bertz CT molecular complexity index is 678. The van der Waals surface area contributed by atoms with Crippen molar-refractivity contribution in [1.29, 1.82) is 0 Å². The largest absolute Gasteiger partial charge is 0.331 e. The molecule has 100 valence electrons. The van der Waals surface area contributed by atoms with E-state index in [1.807, 2.05) is 0 Å². The summed E-state index contributed by atoms with van der Waals surface area (Å²) in [5.74, 6) is -0.0229. The zero-order valence-corrected chi connectivity index (χ0v) is 11.1. The fraction of sp³-hybridized carbons (Fsp3) is 0.167. The van der Waals surface area contributed by atoms with Gasteiger partial charge >= 0.3 is 6.03 Å². The number of amides is 1. The molecule has 2 aromatic rings. The minimum absolute atomic E-state index is 0.0229. The molecule has 1 heterocycles. The van der Waals surface area contributed by atoms with Crippen LogP contribution in [0.5, 0.6) is 0 Å². The molecule has 0 aliphatic carbocycles. The number of nitrogens with zero attached hydrogens (tertiary/aromatic N) is 2. The molecule has 1 N–H and O–H groups in total. The summed E-state index contributed by atoms with van der Waals surface area (Å²) in [5, 5.41) is 2.56. The summed E-state index contributed by atoms with van der Waals surface area (Å²) in [6, 6.07) is 5.85. The Morgan fingerprint density at radius 3 is 2.74 bits per heavy atom. The first-order valence-electron chi connectivity index (χ1n) is 5.65. The van der Waals surface area contributed by atoms with Gasteiger partial charge in [-0.1, -0.05) is 19.1 Å². The van der Waals surface area contributed by atoms with Gasteiger partial charge in [0.05, 0.1) is 16.3 Å². The van der Waals surface area contributed by atoms with Crippen LogP contribution in [0, 0.1) is 0 Å². The van der Waals surface area contributed by atoms with E-state index in [0.29, 0.717) is 0 Å². The average molecular weight is 279 g/mol. The number of carbonyl (C=O) groups is 1. The van der Waals surface area contributed by atoms with Crippen molar-refractivity contribution in [2.45, 2.75) is 11.8 Å². The highest BCUT2D eigenvalue weighted by molar-refractivity contribution is 7.91. The Morgan fingerprint density at radius 2 is 2.11 bits per heavy atom. The Labute approximate surface area is 111 Å². The summed E-state index contributed by atoms with van der Waals surface area (Å²) in [5.41, 5.74) is 0.267. The first-order chi connectivity index (χ1) is 9.04. The molecule has 0 fully saturated rings. The Morgan fingerprint density at radius 1 is 1.37 bits per heavy atom. The highest BCUT2D eigenvalue weighted by Crippen LogP contribution is 2.22. The summed E-state index contributed by atoms with van der Waals surface area (Å²) < 4.78 is 25.1. The van der Waals surface area contributed by atoms with Crippen molar-refractivity contribution in [2.75, 3.05) is 11.1 Å². The van der Waals surface area contributed by atoms with E-state index in [9.17, 15) is 13.2 Å². The molecule has 1 aromatic heterocycles. The molecule has 19 heavy (non-hydrogen) atoms. The zero-order valence-electron chi connectivity index (χ0n) is 10.3. The normalized spacial score (nSPS) is 11.2. The minimum Gasteiger partial charge on any atom is -0.306 e. The number of imidazole rings is 1. The number of benzene rings is 1. The second kappa shape index (κ2) is 5.23. The number of nitrogens with one attached hydrogen (secondary N) is 1. The van der Waals surface area contributed by atoms with Crippen molar-refractivity contribution in [3.05, 3.63) is 43.0 Å². The molecule has 0 saturated carbocycles. The second-order valence-electron chi connectivity index (χ2n) is 3.80. The van der Waals surface area contributed by atoms with E-state index in [1.54, 1.807) is 25.1 Å². The lowest BCUT2D eigenvalue weighted by Gasteiger charge is -2.10. The summed E-state index contributed by atoms with van der Waals surface area (Å²) >= 11 is 0. The van der Waals surface area contributed by atoms with Gasteiger partial charge in [0.25, 0.3) is 0 Å². The Kier molecular flexibility index (Phi) is 3.66. The quantitative estimate of drug-likeness (QED) is 0.928. The van der Waals surface area contributed by atoms with Gasteiger partial charge in [-0.2, -0.15) is 0 Å². The van der Waals surface area contributed by atoms with Gasteiger partial charge in [0.2, 0.25) is 0 Å². The van der Waals surface area contributed by atoms with Crippen LogP contribution in [-0.4, -0.2) is 29.8 Å². The molecule has 0 spiro atoms. The highest BCUT2D eigenvalue weighted by atomic mass is 32.2. The summed E-state index contributed by atoms with van der Waals surface area (Å²) in [4.78, 5) is 15.7. The third kappa shape index (κ3) is 2.82. The molecule has 6 nitrogen and oxygen atoms in total. The molecule has 0 unspecified atom stereocenters. The zero-order chi connectivity index (χ0) is 13.9. The van der Waals surface area contributed by atoms with Crippen LogP contribution >= 0.6 is 0 Å². The summed E-state index contributed by atoms with van der Waals surface area (Å²) in [6.45, 7) is 1.56. The second-order valence-corrected chi connectivity index (χ2v) is 6.05. The lowest BCUT2D eigenvalue weighted by atomic mass is 10.3. The standard InChI is InChI=1S/C12H13N3O3S/c1-2-19(17,18)11-6-4-3-5-10(11)14-12(16)15-8-7-13-9-15/h3-9H,2H2,1H3,(H,14,16). The topological polar surface area (TPSA) is 81.1 Å². The van der Waals surface area contributed by atoms with E-state index in [1.165, 1.54) is 29.4 Å². The van der Waals surface area contributed by atoms with Gasteiger partial charge in [-0.3, -0.25) is 4.57 Å². The molecule has 0 aliphatic heterocycles. The average Bonchev–Trinajstić information content (AvgIpc) is 2.93. The fourth-order valence-electron chi connectivity index (χ4n) is 1.56. The van der Waals surface area contributed by atoms with Crippen molar-refractivity contribution in [3.8, 4) is 0 Å². The van der Waals surface area contributed by atoms with Gasteiger partial charge in [-0.05, 0) is 12.1 Å². The summed E-state index contributed by atoms with van der Waals surface area (Å²) in [6.07, 6.45) is 4.28. The molecule has 0 radical (unpaired) electrons. The Hall–Kier alpha value is -2.15. The molecule has 7 heteroatoms. The number of anilines is 1. The number of rotatable bonds is 3. The van der Waals surface area contributed by atoms with Crippen LogP contribution in [-0.2, 0) is 9.84 Å². The van der Waals surface area contributed by atoms with Gasteiger partial charge in [-0.15, -0.1) is 0 Å². The SMILES string of the molecule is CCS(=O)(=O)c1ccccc1NC(=O)n1ccnc1.